The van der Waals surface area contributed by atoms with Crippen molar-refractivity contribution in [2.75, 3.05) is 0 Å². The van der Waals surface area contributed by atoms with E-state index in [4.69, 9.17) is 9.84 Å². The topological polar surface area (TPSA) is 46.5 Å². The standard InChI is InChI=1S/C10H10F2O3/c1-6(10(13)14)15-5-7-8(11)3-2-4-9(7)12/h2-4,6H,5H2,1H3,(H,13,14). The van der Waals surface area contributed by atoms with Crippen LogP contribution in [0.4, 0.5) is 8.78 Å². The van der Waals surface area contributed by atoms with Gasteiger partial charge in [-0.1, -0.05) is 6.07 Å². The molecule has 0 saturated carbocycles. The van der Waals surface area contributed by atoms with Crippen LogP contribution < -0.4 is 0 Å². The Balaban J connectivity index is 2.69. The number of hydrogen-bond acceptors (Lipinski definition) is 2. The molecule has 5 heteroatoms. The van der Waals surface area contributed by atoms with Crippen molar-refractivity contribution in [1.82, 2.24) is 0 Å². The van der Waals surface area contributed by atoms with E-state index in [1.165, 1.54) is 13.0 Å². The number of carboxylic acid groups (broad SMARTS) is 1. The van der Waals surface area contributed by atoms with E-state index in [1.807, 2.05) is 0 Å². The highest BCUT2D eigenvalue weighted by Gasteiger charge is 2.14. The smallest absolute Gasteiger partial charge is 0.332 e. The third-order valence-corrected chi connectivity index (χ3v) is 1.89. The van der Waals surface area contributed by atoms with E-state index >= 15 is 0 Å². The Morgan fingerprint density at radius 3 is 2.47 bits per heavy atom. The first-order chi connectivity index (χ1) is 7.02. The zero-order valence-electron chi connectivity index (χ0n) is 8.04. The number of benzene rings is 1. The summed E-state index contributed by atoms with van der Waals surface area (Å²) in [6.07, 6.45) is -1.09. The fourth-order valence-corrected chi connectivity index (χ4v) is 0.950. The molecule has 0 saturated heterocycles. The minimum Gasteiger partial charge on any atom is -0.479 e. The summed E-state index contributed by atoms with van der Waals surface area (Å²) < 4.78 is 30.8. The number of carboxylic acids is 1. The van der Waals surface area contributed by atoms with Crippen LogP contribution in [-0.4, -0.2) is 17.2 Å². The molecule has 1 aromatic rings. The second kappa shape index (κ2) is 4.84. The molecule has 0 bridgehead atoms. The van der Waals surface area contributed by atoms with Gasteiger partial charge in [0.25, 0.3) is 0 Å². The summed E-state index contributed by atoms with van der Waals surface area (Å²) in [6.45, 7) is 0.896. The minimum absolute atomic E-state index is 0.259. The molecular weight excluding hydrogens is 206 g/mol. The highest BCUT2D eigenvalue weighted by molar-refractivity contribution is 5.71. The first-order valence-corrected chi connectivity index (χ1v) is 4.29. The number of hydrogen-bond donors (Lipinski definition) is 1. The first kappa shape index (κ1) is 11.6. The van der Waals surface area contributed by atoms with Crippen molar-refractivity contribution < 1.29 is 23.4 Å². The zero-order valence-corrected chi connectivity index (χ0v) is 8.04. The molecule has 0 aliphatic carbocycles. The predicted molar refractivity (Wildman–Crippen MR) is 48.2 cm³/mol. The summed E-state index contributed by atoms with van der Waals surface area (Å²) in [5.41, 5.74) is -0.259. The van der Waals surface area contributed by atoms with E-state index in [-0.39, 0.29) is 5.56 Å². The van der Waals surface area contributed by atoms with Crippen molar-refractivity contribution in [2.24, 2.45) is 0 Å². The maximum atomic E-state index is 13.0. The molecule has 0 aliphatic rings. The van der Waals surface area contributed by atoms with Gasteiger partial charge in [-0.25, -0.2) is 13.6 Å². The van der Waals surface area contributed by atoms with Crippen LogP contribution in [0.15, 0.2) is 18.2 Å². The largest absolute Gasteiger partial charge is 0.479 e. The van der Waals surface area contributed by atoms with Crippen LogP contribution >= 0.6 is 0 Å². The van der Waals surface area contributed by atoms with Crippen molar-refractivity contribution >= 4 is 5.97 Å². The Kier molecular flexibility index (Phi) is 3.74. The molecule has 0 radical (unpaired) electrons. The summed E-state index contributed by atoms with van der Waals surface area (Å²) in [5, 5.41) is 8.49. The molecule has 1 atom stereocenters. The van der Waals surface area contributed by atoms with Gasteiger partial charge >= 0.3 is 5.97 Å². The van der Waals surface area contributed by atoms with Gasteiger partial charge in [0.15, 0.2) is 6.10 Å². The Bertz CT molecular complexity index is 345. The van der Waals surface area contributed by atoms with Crippen LogP contribution in [0.25, 0.3) is 0 Å². The van der Waals surface area contributed by atoms with Crippen molar-refractivity contribution in [2.45, 2.75) is 19.6 Å². The van der Waals surface area contributed by atoms with Crippen molar-refractivity contribution in [3.8, 4) is 0 Å². The van der Waals surface area contributed by atoms with Gasteiger partial charge in [0.2, 0.25) is 0 Å². The molecular formula is C10H10F2O3. The van der Waals surface area contributed by atoms with Gasteiger partial charge in [0.1, 0.15) is 11.6 Å². The molecule has 0 heterocycles. The van der Waals surface area contributed by atoms with E-state index in [1.54, 1.807) is 0 Å². The molecule has 0 amide bonds. The number of rotatable bonds is 4. The molecule has 1 aromatic carbocycles. The summed E-state index contributed by atoms with van der Waals surface area (Å²) in [5.74, 6) is -2.66. The average Bonchev–Trinajstić information content (AvgIpc) is 2.16. The second-order valence-electron chi connectivity index (χ2n) is 2.99. The Morgan fingerprint density at radius 2 is 2.00 bits per heavy atom. The van der Waals surface area contributed by atoms with Gasteiger partial charge in [0.05, 0.1) is 6.61 Å². The molecule has 0 fully saturated rings. The van der Waals surface area contributed by atoms with Crippen molar-refractivity contribution in [1.29, 1.82) is 0 Å². The molecule has 0 aromatic heterocycles. The Morgan fingerprint density at radius 1 is 1.47 bits per heavy atom. The lowest BCUT2D eigenvalue weighted by atomic mass is 10.2. The van der Waals surface area contributed by atoms with E-state index in [0.29, 0.717) is 0 Å². The molecule has 1 unspecified atom stereocenters. The van der Waals surface area contributed by atoms with Gasteiger partial charge in [-0.15, -0.1) is 0 Å². The molecule has 0 aliphatic heterocycles. The van der Waals surface area contributed by atoms with Gasteiger partial charge in [-0.05, 0) is 19.1 Å². The van der Waals surface area contributed by atoms with Crippen LogP contribution in [0.1, 0.15) is 12.5 Å². The third kappa shape index (κ3) is 2.99. The lowest BCUT2D eigenvalue weighted by Gasteiger charge is -2.09. The molecule has 0 spiro atoms. The van der Waals surface area contributed by atoms with E-state index in [2.05, 4.69) is 0 Å². The van der Waals surface area contributed by atoms with Crippen molar-refractivity contribution in [3.05, 3.63) is 35.4 Å². The summed E-state index contributed by atoms with van der Waals surface area (Å²) in [4.78, 5) is 10.4. The van der Waals surface area contributed by atoms with Gasteiger partial charge in [-0.2, -0.15) is 0 Å². The Labute approximate surface area is 85.3 Å². The quantitative estimate of drug-likeness (QED) is 0.836. The molecule has 15 heavy (non-hydrogen) atoms. The summed E-state index contributed by atoms with van der Waals surface area (Å²) in [7, 11) is 0. The summed E-state index contributed by atoms with van der Waals surface area (Å²) in [6, 6.07) is 3.41. The van der Waals surface area contributed by atoms with E-state index in [9.17, 15) is 13.6 Å². The highest BCUT2D eigenvalue weighted by atomic mass is 19.1. The van der Waals surface area contributed by atoms with Gasteiger partial charge in [-0.3, -0.25) is 0 Å². The Hall–Kier alpha value is -1.49. The third-order valence-electron chi connectivity index (χ3n) is 1.89. The lowest BCUT2D eigenvalue weighted by Crippen LogP contribution is -2.20. The first-order valence-electron chi connectivity index (χ1n) is 4.29. The average molecular weight is 216 g/mol. The molecule has 1 rings (SSSR count). The monoisotopic (exact) mass is 216 g/mol. The maximum Gasteiger partial charge on any atom is 0.332 e. The normalized spacial score (nSPS) is 12.5. The zero-order chi connectivity index (χ0) is 11.4. The number of aliphatic carboxylic acids is 1. The van der Waals surface area contributed by atoms with Crippen LogP contribution in [0.2, 0.25) is 0 Å². The fourth-order valence-electron chi connectivity index (χ4n) is 0.950. The summed E-state index contributed by atoms with van der Waals surface area (Å²) >= 11 is 0. The van der Waals surface area contributed by atoms with Gasteiger partial charge in [0, 0.05) is 5.56 Å². The SMILES string of the molecule is CC(OCc1c(F)cccc1F)C(=O)O. The highest BCUT2D eigenvalue weighted by Crippen LogP contribution is 2.13. The number of ether oxygens (including phenoxy) is 1. The predicted octanol–water partition coefficient (Wildman–Crippen LogP) is 1.95. The van der Waals surface area contributed by atoms with Crippen molar-refractivity contribution in [3.63, 3.8) is 0 Å². The second-order valence-corrected chi connectivity index (χ2v) is 2.99. The number of halogens is 2. The van der Waals surface area contributed by atoms with Crippen LogP contribution in [0.5, 0.6) is 0 Å². The van der Waals surface area contributed by atoms with Crippen LogP contribution in [0.3, 0.4) is 0 Å². The lowest BCUT2D eigenvalue weighted by molar-refractivity contribution is -0.150. The maximum absolute atomic E-state index is 13.0. The minimum atomic E-state index is -1.17. The number of carbonyl (C=O) groups is 1. The van der Waals surface area contributed by atoms with Gasteiger partial charge < -0.3 is 9.84 Å². The molecule has 1 N–H and O–H groups in total. The fraction of sp³-hybridized carbons (Fsp3) is 0.300. The van der Waals surface area contributed by atoms with E-state index < -0.39 is 30.3 Å². The van der Waals surface area contributed by atoms with Crippen LogP contribution in [-0.2, 0) is 16.1 Å². The molecule has 3 nitrogen and oxygen atoms in total. The molecule has 82 valence electrons. The van der Waals surface area contributed by atoms with E-state index in [0.717, 1.165) is 12.1 Å². The van der Waals surface area contributed by atoms with Crippen LogP contribution in [0, 0.1) is 11.6 Å².